The maximum absolute atomic E-state index is 10.6. The molecule has 0 saturated carbocycles. The van der Waals surface area contributed by atoms with E-state index in [9.17, 15) is 4.79 Å². The zero-order chi connectivity index (χ0) is 8.69. The molecular weight excluding hydrogens is 152 g/mol. The van der Waals surface area contributed by atoms with E-state index in [0.29, 0.717) is 0 Å². The van der Waals surface area contributed by atoms with E-state index < -0.39 is 5.97 Å². The van der Waals surface area contributed by atoms with Crippen LogP contribution in [0.5, 0.6) is 0 Å². The molecule has 0 rings (SSSR count). The molecule has 0 aliphatic rings. The molecule has 0 saturated heterocycles. The Bertz CT molecular complexity index is 217. The first-order chi connectivity index (χ1) is 5.26. The molecular formula is C4H6N4O3. The fourth-order valence-corrected chi connectivity index (χ4v) is 0.353. The van der Waals surface area contributed by atoms with Crippen molar-refractivity contribution >= 4 is 11.7 Å². The van der Waals surface area contributed by atoms with E-state index in [-0.39, 0.29) is 12.3 Å². The van der Waals surface area contributed by atoms with Crippen molar-refractivity contribution in [3.8, 4) is 0 Å². The van der Waals surface area contributed by atoms with Crippen LogP contribution in [0.2, 0.25) is 0 Å². The second-order valence-electron chi connectivity index (χ2n) is 1.43. The number of oxime groups is 1. The average molecular weight is 158 g/mol. The summed E-state index contributed by atoms with van der Waals surface area (Å²) in [5.41, 5.74) is 7.51. The van der Waals surface area contributed by atoms with Crippen molar-refractivity contribution in [3.05, 3.63) is 10.4 Å². The molecule has 0 aromatic heterocycles. The Labute approximate surface area is 61.9 Å². The van der Waals surface area contributed by atoms with E-state index >= 15 is 0 Å². The van der Waals surface area contributed by atoms with Crippen LogP contribution in [0.25, 0.3) is 10.4 Å². The van der Waals surface area contributed by atoms with Crippen LogP contribution >= 0.6 is 0 Å². The highest BCUT2D eigenvalue weighted by Gasteiger charge is 2.09. The Morgan fingerprint density at radius 2 is 2.45 bits per heavy atom. The third-order valence-corrected chi connectivity index (χ3v) is 0.825. The molecule has 0 unspecified atom stereocenters. The van der Waals surface area contributed by atoms with Gasteiger partial charge < -0.3 is 9.94 Å². The molecule has 7 nitrogen and oxygen atoms in total. The first-order valence-electron chi connectivity index (χ1n) is 2.56. The fraction of sp³-hybridized carbons (Fsp3) is 0.500. The maximum atomic E-state index is 10.6. The van der Waals surface area contributed by atoms with Gasteiger partial charge in [-0.15, -0.1) is 0 Å². The Kier molecular flexibility index (Phi) is 4.26. The number of ether oxygens (including phenoxy) is 1. The van der Waals surface area contributed by atoms with E-state index in [1.54, 1.807) is 0 Å². The summed E-state index contributed by atoms with van der Waals surface area (Å²) in [4.78, 5) is 12.9. The number of nitrogens with zero attached hydrogens (tertiary/aromatic N) is 4. The number of hydrogen-bond acceptors (Lipinski definition) is 5. The Hall–Kier alpha value is -1.75. The van der Waals surface area contributed by atoms with Gasteiger partial charge in [0.25, 0.3) is 0 Å². The highest BCUT2D eigenvalue weighted by Crippen LogP contribution is 1.84. The Balaban J connectivity index is 4.19. The topological polar surface area (TPSA) is 108 Å². The zero-order valence-corrected chi connectivity index (χ0v) is 5.76. The number of hydrogen-bond donors (Lipinski definition) is 1. The normalized spacial score (nSPS) is 10.1. The maximum Gasteiger partial charge on any atom is 0.355 e. The van der Waals surface area contributed by atoms with Crippen molar-refractivity contribution in [3.63, 3.8) is 0 Å². The fourth-order valence-electron chi connectivity index (χ4n) is 0.353. The molecule has 0 atom stereocenters. The first kappa shape index (κ1) is 9.25. The van der Waals surface area contributed by atoms with Gasteiger partial charge in [0.1, 0.15) is 0 Å². The lowest BCUT2D eigenvalue weighted by Gasteiger charge is -1.95. The van der Waals surface area contributed by atoms with Crippen molar-refractivity contribution < 1.29 is 14.7 Å². The lowest BCUT2D eigenvalue weighted by molar-refractivity contribution is -0.132. The van der Waals surface area contributed by atoms with Crippen LogP contribution in [0.4, 0.5) is 0 Å². The molecule has 0 aliphatic heterocycles. The molecule has 0 aromatic carbocycles. The third kappa shape index (κ3) is 3.07. The number of methoxy groups -OCH3 is 1. The lowest BCUT2D eigenvalue weighted by Crippen LogP contribution is -2.18. The molecule has 0 bridgehead atoms. The van der Waals surface area contributed by atoms with E-state index in [2.05, 4.69) is 19.9 Å². The Morgan fingerprint density at radius 3 is 2.82 bits per heavy atom. The van der Waals surface area contributed by atoms with Crippen molar-refractivity contribution in [2.24, 2.45) is 10.3 Å². The summed E-state index contributed by atoms with van der Waals surface area (Å²) in [5.74, 6) is -0.820. The van der Waals surface area contributed by atoms with Gasteiger partial charge in [0.15, 0.2) is 5.71 Å². The predicted octanol–water partition coefficient (Wildman–Crippen LogP) is 0.300. The van der Waals surface area contributed by atoms with Gasteiger partial charge in [-0.3, -0.25) is 0 Å². The number of carbonyl (C=O) groups is 1. The van der Waals surface area contributed by atoms with Gasteiger partial charge >= 0.3 is 5.97 Å². The van der Waals surface area contributed by atoms with E-state index in [1.165, 1.54) is 0 Å². The quantitative estimate of drug-likeness (QED) is 0.121. The summed E-state index contributed by atoms with van der Waals surface area (Å²) >= 11 is 0. The molecule has 1 N–H and O–H groups in total. The minimum atomic E-state index is -0.820. The lowest BCUT2D eigenvalue weighted by atomic mass is 10.4. The van der Waals surface area contributed by atoms with E-state index in [0.717, 1.165) is 7.11 Å². The summed E-state index contributed by atoms with van der Waals surface area (Å²) in [7, 11) is 1.13. The molecule has 60 valence electrons. The van der Waals surface area contributed by atoms with Crippen LogP contribution in [0.1, 0.15) is 0 Å². The van der Waals surface area contributed by atoms with E-state index in [4.69, 9.17) is 10.7 Å². The van der Waals surface area contributed by atoms with Gasteiger partial charge in [0.2, 0.25) is 0 Å². The smallest absolute Gasteiger partial charge is 0.355 e. The molecule has 0 radical (unpaired) electrons. The van der Waals surface area contributed by atoms with Gasteiger partial charge in [-0.05, 0) is 5.53 Å². The molecule has 0 aliphatic carbocycles. The van der Waals surface area contributed by atoms with Crippen LogP contribution in [-0.4, -0.2) is 30.5 Å². The summed E-state index contributed by atoms with van der Waals surface area (Å²) in [6, 6.07) is 0. The highest BCUT2D eigenvalue weighted by molar-refractivity contribution is 6.37. The summed E-state index contributed by atoms with van der Waals surface area (Å²) in [6.45, 7) is -0.320. The number of rotatable bonds is 3. The van der Waals surface area contributed by atoms with Crippen LogP contribution < -0.4 is 0 Å². The van der Waals surface area contributed by atoms with Gasteiger partial charge in [-0.1, -0.05) is 10.3 Å². The number of carbonyl (C=O) groups excluding carboxylic acids is 1. The minimum Gasteiger partial charge on any atom is -0.464 e. The van der Waals surface area contributed by atoms with Crippen molar-refractivity contribution in [2.75, 3.05) is 13.7 Å². The summed E-state index contributed by atoms with van der Waals surface area (Å²) < 4.78 is 4.19. The van der Waals surface area contributed by atoms with Crippen LogP contribution in [0.15, 0.2) is 10.3 Å². The first-order valence-corrected chi connectivity index (χ1v) is 2.56. The number of azide groups is 1. The van der Waals surface area contributed by atoms with Gasteiger partial charge in [0.05, 0.1) is 13.7 Å². The Morgan fingerprint density at radius 1 is 1.82 bits per heavy atom. The summed E-state index contributed by atoms with van der Waals surface area (Å²) in [5, 5.41) is 13.7. The number of esters is 1. The molecule has 0 amide bonds. The molecule has 0 fully saturated rings. The zero-order valence-electron chi connectivity index (χ0n) is 5.76. The SMILES string of the molecule is COC(=O)/C(CN=[N+]=[N-])=N/O. The monoisotopic (exact) mass is 158 g/mol. The second kappa shape index (κ2) is 5.07. The van der Waals surface area contributed by atoms with Crippen LogP contribution in [0, 0.1) is 0 Å². The van der Waals surface area contributed by atoms with Gasteiger partial charge in [-0.2, -0.15) is 0 Å². The molecule has 0 spiro atoms. The average Bonchev–Trinajstić information content (AvgIpc) is 2.05. The standard InChI is InChI=1S/C4H6N4O3/c1-11-4(9)3(7-10)2-6-8-5/h10H,2H2,1H3/b7-3+. The van der Waals surface area contributed by atoms with Crippen molar-refractivity contribution in [2.45, 2.75) is 0 Å². The molecule has 0 aromatic rings. The highest BCUT2D eigenvalue weighted by atomic mass is 16.5. The largest absolute Gasteiger partial charge is 0.464 e. The van der Waals surface area contributed by atoms with Crippen LogP contribution in [0.3, 0.4) is 0 Å². The predicted molar refractivity (Wildman–Crippen MR) is 35.3 cm³/mol. The van der Waals surface area contributed by atoms with Crippen molar-refractivity contribution in [1.29, 1.82) is 0 Å². The summed E-state index contributed by atoms with van der Waals surface area (Å²) in [6.07, 6.45) is 0. The molecule has 0 heterocycles. The van der Waals surface area contributed by atoms with Gasteiger partial charge in [-0.25, -0.2) is 4.79 Å². The minimum absolute atomic E-state index is 0.320. The second-order valence-corrected chi connectivity index (χ2v) is 1.43. The third-order valence-electron chi connectivity index (χ3n) is 0.825. The van der Waals surface area contributed by atoms with Gasteiger partial charge in [0, 0.05) is 4.91 Å². The van der Waals surface area contributed by atoms with E-state index in [1.807, 2.05) is 0 Å². The molecule has 7 heteroatoms. The van der Waals surface area contributed by atoms with Crippen LogP contribution in [-0.2, 0) is 9.53 Å². The molecule has 11 heavy (non-hydrogen) atoms. The van der Waals surface area contributed by atoms with Crippen molar-refractivity contribution in [1.82, 2.24) is 0 Å².